The molecule has 5 nitrogen and oxygen atoms in total. The minimum Gasteiger partial charge on any atom is -0.485 e. The van der Waals surface area contributed by atoms with E-state index in [2.05, 4.69) is 4.74 Å². The zero-order valence-electron chi connectivity index (χ0n) is 7.93. The van der Waals surface area contributed by atoms with Crippen LogP contribution in [0.4, 0.5) is 13.2 Å². The summed E-state index contributed by atoms with van der Waals surface area (Å²) in [5.74, 6) is -4.34. The molecule has 0 atom stereocenters. The summed E-state index contributed by atoms with van der Waals surface area (Å²) in [6, 6.07) is 0. The molecule has 1 aliphatic rings. The van der Waals surface area contributed by atoms with Crippen molar-refractivity contribution < 1.29 is 32.6 Å². The number of ether oxygens (including phenoxy) is 1. The lowest BCUT2D eigenvalue weighted by Crippen LogP contribution is -2.38. The fourth-order valence-electron chi connectivity index (χ4n) is 1.14. The molecular formula is C8H8F3NO4. The van der Waals surface area contributed by atoms with Crippen LogP contribution in [-0.2, 0) is 14.3 Å². The van der Waals surface area contributed by atoms with Crippen LogP contribution in [0.5, 0.6) is 0 Å². The van der Waals surface area contributed by atoms with E-state index >= 15 is 0 Å². The number of halogens is 3. The van der Waals surface area contributed by atoms with Gasteiger partial charge in [0.05, 0.1) is 12.3 Å². The number of aliphatic carboxylic acids is 1. The van der Waals surface area contributed by atoms with E-state index in [0.29, 0.717) is 6.42 Å². The summed E-state index contributed by atoms with van der Waals surface area (Å²) in [7, 11) is 0. The van der Waals surface area contributed by atoms with Crippen molar-refractivity contribution in [3.05, 3.63) is 11.5 Å². The van der Waals surface area contributed by atoms with Crippen LogP contribution in [0.1, 0.15) is 12.8 Å². The fourth-order valence-corrected chi connectivity index (χ4v) is 1.14. The molecule has 1 aliphatic heterocycles. The van der Waals surface area contributed by atoms with Gasteiger partial charge in [-0.2, -0.15) is 13.2 Å². The quantitative estimate of drug-likeness (QED) is 0.746. The van der Waals surface area contributed by atoms with Crippen LogP contribution < -0.4 is 5.32 Å². The van der Waals surface area contributed by atoms with Crippen molar-refractivity contribution in [2.75, 3.05) is 6.61 Å². The van der Waals surface area contributed by atoms with Gasteiger partial charge in [-0.15, -0.1) is 0 Å². The Morgan fingerprint density at radius 1 is 1.38 bits per heavy atom. The van der Waals surface area contributed by atoms with Crippen molar-refractivity contribution in [3.63, 3.8) is 0 Å². The van der Waals surface area contributed by atoms with Crippen LogP contribution in [0.25, 0.3) is 0 Å². The van der Waals surface area contributed by atoms with Crippen molar-refractivity contribution >= 4 is 11.9 Å². The van der Waals surface area contributed by atoms with Crippen LogP contribution in [0.2, 0.25) is 0 Å². The number of carboxylic acid groups (broad SMARTS) is 1. The monoisotopic (exact) mass is 239 g/mol. The lowest BCUT2D eigenvalue weighted by atomic mass is 10.2. The molecule has 0 radical (unpaired) electrons. The number of carbonyl (C=O) groups is 2. The minimum atomic E-state index is -5.05. The number of rotatable bonds is 2. The molecule has 1 heterocycles. The van der Waals surface area contributed by atoms with Gasteiger partial charge in [-0.25, -0.2) is 4.79 Å². The van der Waals surface area contributed by atoms with Crippen molar-refractivity contribution in [2.45, 2.75) is 19.0 Å². The van der Waals surface area contributed by atoms with Gasteiger partial charge in [0, 0.05) is 0 Å². The molecule has 2 N–H and O–H groups in total. The van der Waals surface area contributed by atoms with E-state index in [4.69, 9.17) is 5.11 Å². The first kappa shape index (κ1) is 12.3. The molecule has 0 aromatic heterocycles. The summed E-state index contributed by atoms with van der Waals surface area (Å²) in [6.07, 6.45) is -4.66. The first-order valence-electron chi connectivity index (χ1n) is 4.30. The Kier molecular flexibility index (Phi) is 3.41. The molecule has 16 heavy (non-hydrogen) atoms. The molecule has 8 heteroatoms. The highest BCUT2D eigenvalue weighted by Gasteiger charge is 2.40. The molecule has 1 amide bonds. The first-order valence-corrected chi connectivity index (χ1v) is 4.30. The second-order valence-corrected chi connectivity index (χ2v) is 3.02. The number of carbonyl (C=O) groups excluding carboxylic acids is 1. The Labute approximate surface area is 87.9 Å². The lowest BCUT2D eigenvalue weighted by Gasteiger charge is -2.19. The number of amides is 1. The third-order valence-electron chi connectivity index (χ3n) is 1.81. The van der Waals surface area contributed by atoms with Gasteiger partial charge in [0.1, 0.15) is 0 Å². The topological polar surface area (TPSA) is 75.6 Å². The maximum Gasteiger partial charge on any atom is 0.471 e. The fraction of sp³-hybridized carbons (Fsp3) is 0.500. The highest BCUT2D eigenvalue weighted by atomic mass is 19.4. The van der Waals surface area contributed by atoms with Crippen LogP contribution in [0, 0.1) is 0 Å². The Balaban J connectivity index is 2.85. The summed E-state index contributed by atoms with van der Waals surface area (Å²) in [6.45, 7) is 0.104. The summed E-state index contributed by atoms with van der Waals surface area (Å²) in [4.78, 5) is 21.2. The third kappa shape index (κ3) is 2.88. The average Bonchev–Trinajstić information content (AvgIpc) is 2.16. The van der Waals surface area contributed by atoms with Gasteiger partial charge in [-0.3, -0.25) is 4.79 Å². The summed E-state index contributed by atoms with van der Waals surface area (Å²) >= 11 is 0. The highest BCUT2D eigenvalue weighted by Crippen LogP contribution is 2.20. The van der Waals surface area contributed by atoms with Gasteiger partial charge in [-0.05, 0) is 12.8 Å². The van der Waals surface area contributed by atoms with Crippen molar-refractivity contribution in [3.8, 4) is 0 Å². The SMILES string of the molecule is O=C(O)C1=C(NC(=O)C(F)(F)F)CCCO1. The average molecular weight is 239 g/mol. The van der Waals surface area contributed by atoms with Crippen LogP contribution in [-0.4, -0.2) is 29.8 Å². The van der Waals surface area contributed by atoms with Gasteiger partial charge in [0.25, 0.3) is 0 Å². The highest BCUT2D eigenvalue weighted by molar-refractivity contribution is 5.88. The summed E-state index contributed by atoms with van der Waals surface area (Å²) in [5.41, 5.74) is -0.346. The number of hydrogen-bond donors (Lipinski definition) is 2. The van der Waals surface area contributed by atoms with Gasteiger partial charge >= 0.3 is 18.1 Å². The van der Waals surface area contributed by atoms with Gasteiger partial charge in [0.2, 0.25) is 5.76 Å². The molecule has 0 saturated heterocycles. The number of alkyl halides is 3. The largest absolute Gasteiger partial charge is 0.485 e. The molecule has 0 spiro atoms. The summed E-state index contributed by atoms with van der Waals surface area (Å²) in [5, 5.41) is 10.1. The van der Waals surface area contributed by atoms with E-state index < -0.39 is 23.8 Å². The number of nitrogens with one attached hydrogen (secondary N) is 1. The molecule has 0 fully saturated rings. The molecule has 1 rings (SSSR count). The molecule has 0 aliphatic carbocycles. The second-order valence-electron chi connectivity index (χ2n) is 3.02. The molecule has 0 aromatic rings. The normalized spacial score (nSPS) is 16.7. The van der Waals surface area contributed by atoms with E-state index in [9.17, 15) is 22.8 Å². The van der Waals surface area contributed by atoms with Gasteiger partial charge < -0.3 is 15.2 Å². The predicted molar refractivity (Wildman–Crippen MR) is 44.0 cm³/mol. The second kappa shape index (κ2) is 4.42. The van der Waals surface area contributed by atoms with E-state index in [1.807, 2.05) is 0 Å². The van der Waals surface area contributed by atoms with Gasteiger partial charge in [0.15, 0.2) is 0 Å². The van der Waals surface area contributed by atoms with E-state index in [0.717, 1.165) is 0 Å². The molecule has 0 unspecified atom stereocenters. The number of carboxylic acids is 1. The van der Waals surface area contributed by atoms with Crippen LogP contribution >= 0.6 is 0 Å². The zero-order chi connectivity index (χ0) is 12.3. The van der Waals surface area contributed by atoms with E-state index in [1.165, 1.54) is 5.32 Å². The first-order chi connectivity index (χ1) is 7.32. The Hall–Kier alpha value is -1.73. The summed E-state index contributed by atoms with van der Waals surface area (Å²) < 4.78 is 40.4. The third-order valence-corrected chi connectivity index (χ3v) is 1.81. The van der Waals surface area contributed by atoms with Crippen LogP contribution in [0.3, 0.4) is 0 Å². The Morgan fingerprint density at radius 3 is 2.50 bits per heavy atom. The smallest absolute Gasteiger partial charge is 0.471 e. The maximum atomic E-state index is 11.9. The lowest BCUT2D eigenvalue weighted by molar-refractivity contribution is -0.173. The standard InChI is InChI=1S/C8H8F3NO4/c9-8(10,11)7(15)12-4-2-1-3-16-5(4)6(13)14/h1-3H2,(H,12,15)(H,13,14). The Bertz CT molecular complexity index is 348. The molecule has 90 valence electrons. The van der Waals surface area contributed by atoms with E-state index in [1.54, 1.807) is 0 Å². The molecular weight excluding hydrogens is 231 g/mol. The van der Waals surface area contributed by atoms with Crippen LogP contribution in [0.15, 0.2) is 11.5 Å². The molecule has 0 saturated carbocycles. The molecule has 0 aromatic carbocycles. The van der Waals surface area contributed by atoms with Gasteiger partial charge in [-0.1, -0.05) is 0 Å². The van der Waals surface area contributed by atoms with E-state index in [-0.39, 0.29) is 18.7 Å². The molecule has 0 bridgehead atoms. The Morgan fingerprint density at radius 2 is 2.00 bits per heavy atom. The van der Waals surface area contributed by atoms with Crippen molar-refractivity contribution in [1.29, 1.82) is 0 Å². The number of hydrogen-bond acceptors (Lipinski definition) is 3. The zero-order valence-corrected chi connectivity index (χ0v) is 7.93. The van der Waals surface area contributed by atoms with Crippen molar-refractivity contribution in [2.24, 2.45) is 0 Å². The number of allylic oxidation sites excluding steroid dienone is 1. The predicted octanol–water partition coefficient (Wildman–Crippen LogP) is 0.772. The maximum absolute atomic E-state index is 11.9. The minimum absolute atomic E-state index is 0.0312. The van der Waals surface area contributed by atoms with Crippen molar-refractivity contribution in [1.82, 2.24) is 5.32 Å².